The van der Waals surface area contributed by atoms with Gasteiger partial charge in [-0.1, -0.05) is 69.7 Å². The Balaban J connectivity index is 3.96. The van der Waals surface area contributed by atoms with Gasteiger partial charge in [0.2, 0.25) is 0 Å². The van der Waals surface area contributed by atoms with Crippen molar-refractivity contribution in [2.75, 3.05) is 5.70 Å². The minimum atomic E-state index is -6.05. The summed E-state index contributed by atoms with van der Waals surface area (Å²) in [6.45, 7) is 0.436. The molecular formula is C18H28O4S. The van der Waals surface area contributed by atoms with Gasteiger partial charge in [-0.15, -0.1) is 0 Å². The lowest BCUT2D eigenvalue weighted by Crippen LogP contribution is -2.12. The highest BCUT2D eigenvalue weighted by atomic mass is 32.2. The van der Waals surface area contributed by atoms with E-state index in [0.29, 0.717) is 6.92 Å². The van der Waals surface area contributed by atoms with Gasteiger partial charge in [0.1, 0.15) is 0 Å². The number of rotatable bonds is 12. The Kier molecular flexibility index (Phi) is 2.19. The molecule has 0 radical (unpaired) electrons. The van der Waals surface area contributed by atoms with Crippen molar-refractivity contribution in [3.63, 3.8) is 0 Å². The fourth-order valence-corrected chi connectivity index (χ4v) is 2.05. The molecule has 0 atom stereocenters. The highest BCUT2D eigenvalue weighted by molar-refractivity contribution is 7.90. The van der Waals surface area contributed by atoms with Crippen LogP contribution in [0.15, 0.2) is 24.2 Å². The highest BCUT2D eigenvalue weighted by Gasteiger charge is 2.16. The first-order valence-electron chi connectivity index (χ1n) is 16.9. The van der Waals surface area contributed by atoms with E-state index in [1.54, 1.807) is 0 Å². The molecule has 0 heterocycles. The predicted molar refractivity (Wildman–Crippen MR) is 93.5 cm³/mol. The standard InChI is InChI=1S/C18H28O4S/c1-2-3-4-5-6-7-8-11-14-23(21,22)15-16-12-9-10-13-17(16)18(19)20/h9-10,12-13H,2-8,11,14-15H2,1H3,(H,19,20)/i2D2,3D2,4D2,5D2,6D2,7D2,8D2,9D,10D,11D2,12D,13D,14D2. The molecule has 0 bridgehead atoms. The maximum atomic E-state index is 13.3. The lowest BCUT2D eigenvalue weighted by Gasteiger charge is -2.07. The number of hydrogen-bond donors (Lipinski definition) is 1. The summed E-state index contributed by atoms with van der Waals surface area (Å²) < 4.78 is 201. The number of sulfone groups is 1. The van der Waals surface area contributed by atoms with Gasteiger partial charge in [0.05, 0.1) is 22.5 Å². The van der Waals surface area contributed by atoms with Crippen LogP contribution in [0, 0.1) is 0 Å². The van der Waals surface area contributed by atoms with Gasteiger partial charge in [-0.05, 0) is 18.0 Å². The zero-order valence-corrected chi connectivity index (χ0v) is 12.6. The molecule has 1 aromatic carbocycles. The lowest BCUT2D eigenvalue weighted by atomic mass is 10.1. The first-order valence-corrected chi connectivity index (χ1v) is 7.51. The van der Waals surface area contributed by atoms with Gasteiger partial charge in [0.25, 0.3) is 0 Å². The number of carbonyl (C=O) groups is 1. The molecular weight excluding hydrogens is 312 g/mol. The SMILES string of the molecule is [2H]c1c([2H])c([2H])c(C(=O)O)c(CS(=O)(=O)C([2H])([2H])C([2H])([2H])C([2H])([2H])C([2H])([2H])C([2H])([2H])C([2H])([2H])C([2H])([2H])C([2H])([2H])C([2H])([2H])C)c1[2H]. The first-order chi connectivity index (χ1) is 19.3. The molecule has 23 heavy (non-hydrogen) atoms. The van der Waals surface area contributed by atoms with Crippen LogP contribution in [0.4, 0.5) is 0 Å². The Morgan fingerprint density at radius 3 is 2.26 bits per heavy atom. The molecule has 0 saturated carbocycles. The van der Waals surface area contributed by atoms with E-state index >= 15 is 0 Å². The van der Waals surface area contributed by atoms with E-state index in [1.807, 2.05) is 0 Å². The Bertz CT molecular complexity index is 1460. The van der Waals surface area contributed by atoms with Gasteiger partial charge in [-0.25, -0.2) is 13.2 Å². The van der Waals surface area contributed by atoms with Crippen molar-refractivity contribution < 1.29 is 48.5 Å². The monoisotopic (exact) mass is 362 g/mol. The van der Waals surface area contributed by atoms with Gasteiger partial charge in [-0.2, -0.15) is 0 Å². The minimum absolute atomic E-state index is 0.436. The molecule has 5 heteroatoms. The Morgan fingerprint density at radius 2 is 1.65 bits per heavy atom. The van der Waals surface area contributed by atoms with Crippen molar-refractivity contribution >= 4 is 15.8 Å². The molecule has 0 spiro atoms. The summed E-state index contributed by atoms with van der Waals surface area (Å²) >= 11 is 0. The van der Waals surface area contributed by atoms with Gasteiger partial charge < -0.3 is 5.11 Å². The van der Waals surface area contributed by atoms with E-state index in [4.69, 9.17) is 30.2 Å². The zero-order valence-electron chi connectivity index (χ0n) is 33.8. The Morgan fingerprint density at radius 1 is 1.09 bits per heavy atom. The minimum Gasteiger partial charge on any atom is -0.478 e. The second kappa shape index (κ2) is 10.4. The molecule has 0 unspecified atom stereocenters. The molecule has 0 aliphatic rings. The van der Waals surface area contributed by atoms with Crippen molar-refractivity contribution in [2.45, 2.75) is 63.7 Å². The number of carboxylic acid groups (broad SMARTS) is 1. The van der Waals surface area contributed by atoms with Crippen molar-refractivity contribution in [1.29, 1.82) is 0 Å². The largest absolute Gasteiger partial charge is 0.478 e. The van der Waals surface area contributed by atoms with Crippen LogP contribution in [0.3, 0.4) is 0 Å². The molecule has 0 saturated heterocycles. The quantitative estimate of drug-likeness (QED) is 0.596. The van der Waals surface area contributed by atoms with Gasteiger partial charge in [0, 0.05) is 24.7 Å². The summed E-state index contributed by atoms with van der Waals surface area (Å²) in [4.78, 5) is 11.7. The molecule has 130 valence electrons. The topological polar surface area (TPSA) is 71.4 Å². The fraction of sp³-hybridized carbons (Fsp3) is 0.611. The molecule has 1 N–H and O–H groups in total. The Hall–Kier alpha value is -1.36. The second-order valence-corrected chi connectivity index (χ2v) is 5.37. The van der Waals surface area contributed by atoms with E-state index in [1.165, 1.54) is 0 Å². The van der Waals surface area contributed by atoms with E-state index < -0.39 is 114 Å². The van der Waals surface area contributed by atoms with Crippen LogP contribution in [-0.4, -0.2) is 25.2 Å². The van der Waals surface area contributed by atoms with E-state index in [9.17, 15) is 18.3 Å². The molecule has 0 aromatic heterocycles. The van der Waals surface area contributed by atoms with Gasteiger partial charge in [0.15, 0.2) is 9.84 Å². The number of benzene rings is 1. The maximum absolute atomic E-state index is 13.3. The predicted octanol–water partition coefficient (Wildman–Crippen LogP) is 4.44. The number of aromatic carboxylic acids is 1. The summed E-state index contributed by atoms with van der Waals surface area (Å²) in [5.41, 5.74) is -7.41. The van der Waals surface area contributed by atoms with Gasteiger partial charge >= 0.3 is 5.97 Å². The molecule has 4 nitrogen and oxygen atoms in total. The van der Waals surface area contributed by atoms with Crippen LogP contribution in [-0.2, 0) is 15.6 Å². The molecule has 0 aliphatic heterocycles. The summed E-state index contributed by atoms with van der Waals surface area (Å²) in [5, 5.41) is 9.44. The third-order valence-corrected chi connectivity index (χ3v) is 3.10. The average molecular weight is 363 g/mol. The van der Waals surface area contributed by atoms with Crippen molar-refractivity contribution in [1.82, 2.24) is 0 Å². The van der Waals surface area contributed by atoms with E-state index in [-0.39, 0.29) is 0 Å². The van der Waals surface area contributed by atoms with Crippen molar-refractivity contribution in [2.24, 2.45) is 0 Å². The van der Waals surface area contributed by atoms with Crippen LogP contribution >= 0.6 is 0 Å². The molecule has 0 amide bonds. The van der Waals surface area contributed by atoms with Crippen LogP contribution < -0.4 is 0 Å². The zero-order chi connectivity index (χ0) is 36.7. The number of hydrogen-bond acceptors (Lipinski definition) is 3. The van der Waals surface area contributed by atoms with Crippen LogP contribution in [0.1, 0.15) is 104 Å². The molecule has 0 aliphatic carbocycles. The smallest absolute Gasteiger partial charge is 0.335 e. The summed E-state index contributed by atoms with van der Waals surface area (Å²) in [6, 6.07) is -4.93. The number of carboxylic acids is 1. The Labute approximate surface area is 170 Å². The molecule has 1 rings (SSSR count). The molecule has 0 fully saturated rings. The third kappa shape index (κ3) is 8.16. The average Bonchev–Trinajstić information content (AvgIpc) is 2.83. The summed E-state index contributed by atoms with van der Waals surface area (Å²) in [7, 11) is -6.05. The van der Waals surface area contributed by atoms with E-state index in [0.717, 1.165) is 0 Å². The summed E-state index contributed by atoms with van der Waals surface area (Å²) in [5.74, 6) is -4.16. The first kappa shape index (κ1) is 4.84. The fourth-order valence-electron chi connectivity index (χ4n) is 1.18. The maximum Gasteiger partial charge on any atom is 0.335 e. The van der Waals surface area contributed by atoms with Crippen molar-refractivity contribution in [3.8, 4) is 0 Å². The van der Waals surface area contributed by atoms with Crippen LogP contribution in [0.25, 0.3) is 0 Å². The highest BCUT2D eigenvalue weighted by Crippen LogP contribution is 2.15. The van der Waals surface area contributed by atoms with Crippen molar-refractivity contribution in [3.05, 3.63) is 35.3 Å². The van der Waals surface area contributed by atoms with Gasteiger partial charge in [-0.3, -0.25) is 0 Å². The molecule has 1 aromatic rings. The normalized spacial score (nSPS) is 31.2. The van der Waals surface area contributed by atoms with Crippen LogP contribution in [0.2, 0.25) is 0 Å². The summed E-state index contributed by atoms with van der Waals surface area (Å²) in [6.07, 6.45) is -35.4. The van der Waals surface area contributed by atoms with Crippen LogP contribution in [0.5, 0.6) is 0 Å². The van der Waals surface area contributed by atoms with E-state index in [2.05, 4.69) is 0 Å². The second-order valence-electron chi connectivity index (χ2n) is 3.64. The lowest BCUT2D eigenvalue weighted by molar-refractivity contribution is 0.0696. The third-order valence-electron chi connectivity index (χ3n) is 2.02.